The summed E-state index contributed by atoms with van der Waals surface area (Å²) in [5, 5.41) is 0. The van der Waals surface area contributed by atoms with Crippen molar-refractivity contribution >= 4 is 28.8 Å². The average molecular weight is 264 g/mol. The molecule has 2 rings (SSSR count). The number of aromatic nitrogens is 1. The second-order valence-electron chi connectivity index (χ2n) is 4.37. The number of primary amides is 1. The van der Waals surface area contributed by atoms with E-state index in [1.165, 1.54) is 0 Å². The quantitative estimate of drug-likeness (QED) is 0.779. The molecule has 1 saturated heterocycles. The van der Waals surface area contributed by atoms with Crippen molar-refractivity contribution < 1.29 is 4.79 Å². The van der Waals surface area contributed by atoms with Crippen LogP contribution in [0.1, 0.15) is 25.0 Å². The molecule has 1 atom stereocenters. The summed E-state index contributed by atoms with van der Waals surface area (Å²) >= 11 is 4.91. The largest absolute Gasteiger partial charge is 0.388 e. The molecule has 1 aliphatic rings. The summed E-state index contributed by atoms with van der Waals surface area (Å²) in [5.74, 6) is -0.289. The molecule has 1 aliphatic heterocycles. The van der Waals surface area contributed by atoms with E-state index in [0.717, 1.165) is 31.5 Å². The van der Waals surface area contributed by atoms with Gasteiger partial charge in [-0.05, 0) is 31.4 Å². The van der Waals surface area contributed by atoms with E-state index < -0.39 is 0 Å². The summed E-state index contributed by atoms with van der Waals surface area (Å²) in [7, 11) is 0. The number of nitrogens with zero attached hydrogens (tertiary/aromatic N) is 2. The van der Waals surface area contributed by atoms with Crippen molar-refractivity contribution in [2.45, 2.75) is 25.3 Å². The second kappa shape index (κ2) is 5.30. The molecule has 1 fully saturated rings. The molecular formula is C12H16N4OS. The molecule has 0 radical (unpaired) electrons. The first-order chi connectivity index (χ1) is 8.59. The van der Waals surface area contributed by atoms with Crippen molar-refractivity contribution in [3.63, 3.8) is 0 Å². The van der Waals surface area contributed by atoms with Gasteiger partial charge in [-0.3, -0.25) is 9.78 Å². The molecule has 4 N–H and O–H groups in total. The van der Waals surface area contributed by atoms with Crippen LogP contribution in [-0.2, 0) is 4.79 Å². The number of carbonyl (C=O) groups is 1. The predicted molar refractivity (Wildman–Crippen MR) is 74.3 cm³/mol. The number of pyridine rings is 1. The Balaban J connectivity index is 2.30. The van der Waals surface area contributed by atoms with Gasteiger partial charge in [0, 0.05) is 18.4 Å². The normalized spacial score (nSPS) is 19.6. The minimum Gasteiger partial charge on any atom is -0.388 e. The van der Waals surface area contributed by atoms with Crippen molar-refractivity contribution in [3.8, 4) is 0 Å². The second-order valence-corrected chi connectivity index (χ2v) is 4.81. The summed E-state index contributed by atoms with van der Waals surface area (Å²) in [4.78, 5) is 17.8. The summed E-state index contributed by atoms with van der Waals surface area (Å²) < 4.78 is 0. The third-order valence-corrected chi connectivity index (χ3v) is 3.37. The van der Waals surface area contributed by atoms with Crippen LogP contribution in [0.4, 0.5) is 5.69 Å². The Morgan fingerprint density at radius 3 is 2.89 bits per heavy atom. The Labute approximate surface area is 111 Å². The van der Waals surface area contributed by atoms with Gasteiger partial charge in [0.1, 0.15) is 11.0 Å². The molecule has 2 heterocycles. The molecule has 1 aromatic rings. The molecule has 1 aromatic heterocycles. The first kappa shape index (κ1) is 12.8. The maximum Gasteiger partial charge on any atom is 0.240 e. The Morgan fingerprint density at radius 1 is 1.44 bits per heavy atom. The van der Waals surface area contributed by atoms with E-state index in [1.807, 2.05) is 17.0 Å². The molecule has 0 bridgehead atoms. The molecule has 96 valence electrons. The van der Waals surface area contributed by atoms with Gasteiger partial charge in [-0.1, -0.05) is 12.2 Å². The Morgan fingerprint density at radius 2 is 2.22 bits per heavy atom. The molecule has 5 nitrogen and oxygen atoms in total. The number of hydrogen-bond acceptors (Lipinski definition) is 4. The van der Waals surface area contributed by atoms with Gasteiger partial charge in [-0.25, -0.2) is 0 Å². The van der Waals surface area contributed by atoms with Gasteiger partial charge in [-0.2, -0.15) is 0 Å². The van der Waals surface area contributed by atoms with Crippen molar-refractivity contribution in [2.75, 3.05) is 11.4 Å². The van der Waals surface area contributed by atoms with Crippen LogP contribution in [0.2, 0.25) is 0 Å². The highest BCUT2D eigenvalue weighted by molar-refractivity contribution is 7.80. The predicted octanol–water partition coefficient (Wildman–Crippen LogP) is 0.560. The third-order valence-electron chi connectivity index (χ3n) is 3.16. The highest BCUT2D eigenvalue weighted by Gasteiger charge is 2.27. The Bertz CT molecular complexity index is 477. The molecule has 0 aliphatic carbocycles. The average Bonchev–Trinajstić information content (AvgIpc) is 2.39. The minimum atomic E-state index is -0.289. The summed E-state index contributed by atoms with van der Waals surface area (Å²) in [6, 6.07) is 3.41. The SMILES string of the molecule is NC(=O)C1CCCCN1c1ccnc(C(N)=S)c1. The van der Waals surface area contributed by atoms with Gasteiger partial charge in [0.15, 0.2) is 0 Å². The minimum absolute atomic E-state index is 0.250. The zero-order valence-corrected chi connectivity index (χ0v) is 10.8. The first-order valence-electron chi connectivity index (χ1n) is 5.91. The lowest BCUT2D eigenvalue weighted by atomic mass is 10.0. The molecule has 0 aromatic carbocycles. The Hall–Kier alpha value is -1.69. The van der Waals surface area contributed by atoms with Gasteiger partial charge in [0.2, 0.25) is 5.91 Å². The number of nitrogens with two attached hydrogens (primary N) is 2. The van der Waals surface area contributed by atoms with Crippen LogP contribution < -0.4 is 16.4 Å². The first-order valence-corrected chi connectivity index (χ1v) is 6.32. The van der Waals surface area contributed by atoms with Crippen LogP contribution in [0.3, 0.4) is 0 Å². The number of amides is 1. The lowest BCUT2D eigenvalue weighted by Crippen LogP contribution is -2.47. The number of hydrogen-bond donors (Lipinski definition) is 2. The van der Waals surface area contributed by atoms with Gasteiger partial charge in [0.25, 0.3) is 0 Å². The van der Waals surface area contributed by atoms with Crippen LogP contribution in [0.5, 0.6) is 0 Å². The van der Waals surface area contributed by atoms with E-state index in [2.05, 4.69) is 4.98 Å². The van der Waals surface area contributed by atoms with Crippen molar-refractivity contribution in [3.05, 3.63) is 24.0 Å². The van der Waals surface area contributed by atoms with E-state index in [0.29, 0.717) is 5.69 Å². The van der Waals surface area contributed by atoms with E-state index in [1.54, 1.807) is 6.20 Å². The Kier molecular flexibility index (Phi) is 3.76. The lowest BCUT2D eigenvalue weighted by molar-refractivity contribution is -0.119. The van der Waals surface area contributed by atoms with E-state index >= 15 is 0 Å². The van der Waals surface area contributed by atoms with Crippen molar-refractivity contribution in [2.24, 2.45) is 11.5 Å². The fourth-order valence-electron chi connectivity index (χ4n) is 2.27. The summed E-state index contributed by atoms with van der Waals surface area (Å²) in [6.07, 6.45) is 4.52. The van der Waals surface area contributed by atoms with Crippen LogP contribution in [-0.4, -0.2) is 28.5 Å². The molecule has 0 saturated carbocycles. The van der Waals surface area contributed by atoms with Gasteiger partial charge in [0.05, 0.1) is 5.69 Å². The van der Waals surface area contributed by atoms with Crippen molar-refractivity contribution in [1.29, 1.82) is 0 Å². The zero-order chi connectivity index (χ0) is 13.1. The maximum atomic E-state index is 11.5. The number of carbonyl (C=O) groups excluding carboxylic acids is 1. The van der Waals surface area contributed by atoms with Crippen LogP contribution >= 0.6 is 12.2 Å². The van der Waals surface area contributed by atoms with E-state index in [4.69, 9.17) is 23.7 Å². The fourth-order valence-corrected chi connectivity index (χ4v) is 2.38. The highest BCUT2D eigenvalue weighted by Crippen LogP contribution is 2.24. The summed E-state index contributed by atoms with van der Waals surface area (Å²) in [5.41, 5.74) is 12.5. The highest BCUT2D eigenvalue weighted by atomic mass is 32.1. The van der Waals surface area contributed by atoms with Gasteiger partial charge < -0.3 is 16.4 Å². The molecule has 1 amide bonds. The van der Waals surface area contributed by atoms with E-state index in [9.17, 15) is 4.79 Å². The lowest BCUT2D eigenvalue weighted by Gasteiger charge is -2.35. The fraction of sp³-hybridized carbons (Fsp3) is 0.417. The number of thiocarbonyl (C=S) groups is 1. The molecule has 0 spiro atoms. The molecular weight excluding hydrogens is 248 g/mol. The summed E-state index contributed by atoms with van der Waals surface area (Å²) in [6.45, 7) is 0.814. The molecule has 18 heavy (non-hydrogen) atoms. The maximum absolute atomic E-state index is 11.5. The topological polar surface area (TPSA) is 85.2 Å². The standard InChI is InChI=1S/C12H16N4OS/c13-11(17)10-3-1-2-6-16(10)8-4-5-15-9(7-8)12(14)18/h4-5,7,10H,1-3,6H2,(H2,13,17)(H2,14,18). The van der Waals surface area contributed by atoms with Crippen LogP contribution in [0.25, 0.3) is 0 Å². The number of rotatable bonds is 3. The van der Waals surface area contributed by atoms with Crippen LogP contribution in [0.15, 0.2) is 18.3 Å². The van der Waals surface area contributed by atoms with Crippen molar-refractivity contribution in [1.82, 2.24) is 4.98 Å². The molecule has 6 heteroatoms. The monoisotopic (exact) mass is 264 g/mol. The van der Waals surface area contributed by atoms with Gasteiger partial charge >= 0.3 is 0 Å². The number of anilines is 1. The van der Waals surface area contributed by atoms with Gasteiger partial charge in [-0.15, -0.1) is 0 Å². The zero-order valence-electron chi connectivity index (χ0n) is 10.0. The third kappa shape index (κ3) is 2.59. The molecule has 1 unspecified atom stereocenters. The number of piperidine rings is 1. The van der Waals surface area contributed by atoms with E-state index in [-0.39, 0.29) is 16.9 Å². The smallest absolute Gasteiger partial charge is 0.240 e. The van der Waals surface area contributed by atoms with Crippen LogP contribution in [0, 0.1) is 0 Å².